The van der Waals surface area contributed by atoms with E-state index in [2.05, 4.69) is 0 Å². The third kappa shape index (κ3) is 26.6. The monoisotopic (exact) mass is 512 g/mol. The van der Waals surface area contributed by atoms with Gasteiger partial charge in [-0.25, -0.2) is 28.8 Å². The van der Waals surface area contributed by atoms with Crippen molar-refractivity contribution in [2.24, 2.45) is 5.73 Å². The molecule has 0 atom stereocenters. The average molecular weight is 512 g/mol. The highest BCUT2D eigenvalue weighted by atomic mass is 16.4. The van der Waals surface area contributed by atoms with Crippen molar-refractivity contribution in [3.8, 4) is 0 Å². The van der Waals surface area contributed by atoms with E-state index in [0.29, 0.717) is 42.0 Å². The molecule has 15 nitrogen and oxygen atoms in total. The number of hydrogen-bond acceptors (Lipinski definition) is 8. The first-order chi connectivity index (χ1) is 16.5. The minimum absolute atomic E-state index is 0.390. The Bertz CT molecular complexity index is 896. The van der Waals surface area contributed by atoms with E-state index in [1.54, 1.807) is 12.1 Å². The zero-order valence-corrected chi connectivity index (χ0v) is 18.8. The number of carboxylic acid groups (broad SMARTS) is 6. The number of rotatable bonds is 8. The maximum Gasteiger partial charge on any atom is 0.328 e. The third-order valence-corrected chi connectivity index (χ3v) is 2.76. The molecule has 0 radical (unpaired) electrons. The lowest BCUT2D eigenvalue weighted by Crippen LogP contribution is -2.18. The summed E-state index contributed by atoms with van der Waals surface area (Å²) in [5.41, 5.74) is 6.60. The van der Waals surface area contributed by atoms with Crippen LogP contribution in [0.4, 0.5) is 5.69 Å². The fourth-order valence-corrected chi connectivity index (χ4v) is 1.50. The number of carboxylic acids is 6. The van der Waals surface area contributed by atoms with E-state index in [-0.39, 0.29) is 5.91 Å². The Morgan fingerprint density at radius 3 is 1.00 bits per heavy atom. The van der Waals surface area contributed by atoms with Crippen molar-refractivity contribution in [1.29, 1.82) is 0 Å². The molecule has 8 N–H and O–H groups in total. The fraction of sp³-hybridized carbons (Fsp3) is 0.0952. The molecule has 15 heteroatoms. The molecule has 0 aliphatic carbocycles. The number of aliphatic carboxylic acids is 6. The van der Waals surface area contributed by atoms with Gasteiger partial charge in [-0.1, -0.05) is 12.1 Å². The maximum atomic E-state index is 10.9. The van der Waals surface area contributed by atoms with Crippen LogP contribution in [0.2, 0.25) is 0 Å². The molecule has 0 bridgehead atoms. The maximum absolute atomic E-state index is 10.9. The molecule has 36 heavy (non-hydrogen) atoms. The van der Waals surface area contributed by atoms with Gasteiger partial charge in [0, 0.05) is 56.2 Å². The summed E-state index contributed by atoms with van der Waals surface area (Å²) in [6, 6.07) is 7.26. The van der Waals surface area contributed by atoms with E-state index in [1.165, 1.54) is 0 Å². The standard InChI is InChI=1S/C9H12N2O.3C4H4O4/c1-11(2)8-6-4-3-5-7(8)9(10)12;3*5-3(6)1-2-4(7)8/h3-6H,1-2H3,(H2,10,12);3*1-2H,(H,5,6)(H,7,8)/b;3*2-1-. The van der Waals surface area contributed by atoms with Crippen molar-refractivity contribution in [2.75, 3.05) is 19.0 Å². The number of para-hydroxylation sites is 1. The van der Waals surface area contributed by atoms with Crippen molar-refractivity contribution in [2.45, 2.75) is 0 Å². The van der Waals surface area contributed by atoms with E-state index < -0.39 is 35.8 Å². The number of nitrogens with two attached hydrogens (primary N) is 1. The molecule has 0 heterocycles. The molecule has 0 aliphatic rings. The van der Waals surface area contributed by atoms with Crippen LogP contribution in [-0.2, 0) is 28.8 Å². The lowest BCUT2D eigenvalue weighted by Gasteiger charge is -2.14. The van der Waals surface area contributed by atoms with E-state index in [9.17, 15) is 33.6 Å². The lowest BCUT2D eigenvalue weighted by molar-refractivity contribution is -0.134. The van der Waals surface area contributed by atoms with Gasteiger partial charge in [-0.3, -0.25) is 4.79 Å². The van der Waals surface area contributed by atoms with Crippen LogP contribution in [-0.4, -0.2) is 86.5 Å². The van der Waals surface area contributed by atoms with Gasteiger partial charge in [-0.15, -0.1) is 0 Å². The molecule has 0 spiro atoms. The van der Waals surface area contributed by atoms with Gasteiger partial charge in [0.05, 0.1) is 5.56 Å². The van der Waals surface area contributed by atoms with Crippen molar-refractivity contribution in [3.63, 3.8) is 0 Å². The van der Waals surface area contributed by atoms with Crippen LogP contribution in [0.25, 0.3) is 0 Å². The number of anilines is 1. The SMILES string of the molecule is CN(C)c1ccccc1C(N)=O.O=C(O)/C=C\C(=O)O.O=C(O)/C=C\C(=O)O.O=C(O)/C=C\C(=O)O. The third-order valence-electron chi connectivity index (χ3n) is 2.76. The molecule has 0 saturated carbocycles. The summed E-state index contributed by atoms with van der Waals surface area (Å²) in [4.78, 5) is 70.1. The lowest BCUT2D eigenvalue weighted by atomic mass is 10.1. The summed E-state index contributed by atoms with van der Waals surface area (Å²) in [5, 5.41) is 46.9. The Kier molecular flexibility index (Phi) is 19.7. The van der Waals surface area contributed by atoms with E-state index >= 15 is 0 Å². The number of nitrogens with zero attached hydrogens (tertiary/aromatic N) is 1. The van der Waals surface area contributed by atoms with Crippen LogP contribution in [0.1, 0.15) is 10.4 Å². The largest absolute Gasteiger partial charge is 0.478 e. The summed E-state index contributed by atoms with van der Waals surface area (Å²) in [6.45, 7) is 0. The normalized spacial score (nSPS) is 9.50. The summed E-state index contributed by atoms with van der Waals surface area (Å²) >= 11 is 0. The van der Waals surface area contributed by atoms with E-state index in [1.807, 2.05) is 31.1 Å². The van der Waals surface area contributed by atoms with Gasteiger partial charge in [0.25, 0.3) is 5.91 Å². The molecule has 1 aromatic carbocycles. The second-order valence-electron chi connectivity index (χ2n) is 5.81. The number of hydrogen-bond donors (Lipinski definition) is 7. The van der Waals surface area contributed by atoms with Gasteiger partial charge < -0.3 is 41.3 Å². The second kappa shape index (κ2) is 20.2. The van der Waals surface area contributed by atoms with Gasteiger partial charge >= 0.3 is 35.8 Å². The molecule has 0 unspecified atom stereocenters. The molecule has 0 aromatic heterocycles. The Labute approximate surface area is 203 Å². The molecule has 1 aromatic rings. The van der Waals surface area contributed by atoms with Crippen LogP contribution < -0.4 is 10.6 Å². The summed E-state index contributed by atoms with van der Waals surface area (Å²) in [5.74, 6) is -7.93. The highest BCUT2D eigenvalue weighted by molar-refractivity contribution is 5.98. The Balaban J connectivity index is -0.000000412. The fourth-order valence-electron chi connectivity index (χ4n) is 1.50. The summed E-state index contributed by atoms with van der Waals surface area (Å²) in [7, 11) is 3.75. The number of benzene rings is 1. The number of carbonyl (C=O) groups excluding carboxylic acids is 1. The first-order valence-electron chi connectivity index (χ1n) is 8.99. The Hall–Kier alpha value is -5.47. The summed E-state index contributed by atoms with van der Waals surface area (Å²) in [6.07, 6.45) is 3.35. The molecular formula is C21H24N2O13. The van der Waals surface area contributed by atoms with Gasteiger partial charge in [0.2, 0.25) is 0 Å². The molecule has 0 fully saturated rings. The zero-order valence-electron chi connectivity index (χ0n) is 18.8. The van der Waals surface area contributed by atoms with Crippen LogP contribution in [0.3, 0.4) is 0 Å². The predicted octanol–water partition coefficient (Wildman–Crippen LogP) is -0.0131. The molecule has 0 aliphatic heterocycles. The first-order valence-corrected chi connectivity index (χ1v) is 8.99. The summed E-state index contributed by atoms with van der Waals surface area (Å²) < 4.78 is 0. The molecular weight excluding hydrogens is 488 g/mol. The molecule has 1 rings (SSSR count). The number of primary amides is 1. The van der Waals surface area contributed by atoms with Crippen molar-refractivity contribution in [3.05, 3.63) is 66.3 Å². The van der Waals surface area contributed by atoms with Gasteiger partial charge in [-0.05, 0) is 12.1 Å². The Morgan fingerprint density at radius 1 is 0.583 bits per heavy atom. The van der Waals surface area contributed by atoms with Crippen molar-refractivity contribution in [1.82, 2.24) is 0 Å². The van der Waals surface area contributed by atoms with Crippen molar-refractivity contribution < 1.29 is 64.2 Å². The van der Waals surface area contributed by atoms with Crippen molar-refractivity contribution >= 4 is 47.4 Å². The molecule has 1 amide bonds. The zero-order chi connectivity index (χ0) is 28.8. The smallest absolute Gasteiger partial charge is 0.328 e. The highest BCUT2D eigenvalue weighted by Crippen LogP contribution is 2.16. The van der Waals surface area contributed by atoms with E-state index in [0.717, 1.165) is 5.69 Å². The number of carbonyl (C=O) groups is 7. The minimum atomic E-state index is -1.26. The van der Waals surface area contributed by atoms with Crippen LogP contribution in [0.15, 0.2) is 60.7 Å². The minimum Gasteiger partial charge on any atom is -0.478 e. The van der Waals surface area contributed by atoms with Gasteiger partial charge in [0.15, 0.2) is 0 Å². The topological polar surface area (TPSA) is 270 Å². The average Bonchev–Trinajstić information content (AvgIpc) is 2.76. The highest BCUT2D eigenvalue weighted by Gasteiger charge is 2.07. The van der Waals surface area contributed by atoms with Crippen LogP contribution in [0.5, 0.6) is 0 Å². The van der Waals surface area contributed by atoms with Crippen LogP contribution >= 0.6 is 0 Å². The molecule has 0 saturated heterocycles. The second-order valence-corrected chi connectivity index (χ2v) is 5.81. The van der Waals surface area contributed by atoms with E-state index in [4.69, 9.17) is 36.4 Å². The van der Waals surface area contributed by atoms with Crippen LogP contribution in [0, 0.1) is 0 Å². The van der Waals surface area contributed by atoms with Gasteiger partial charge in [-0.2, -0.15) is 0 Å². The first kappa shape index (κ1) is 35.1. The quantitative estimate of drug-likeness (QED) is 0.226. The predicted molar refractivity (Wildman–Crippen MR) is 123 cm³/mol. The van der Waals surface area contributed by atoms with Gasteiger partial charge in [0.1, 0.15) is 0 Å². The number of amides is 1. The Morgan fingerprint density at radius 2 is 0.833 bits per heavy atom. The molecule has 196 valence electrons.